The Kier molecular flexibility index (Phi) is 3.57. The van der Waals surface area contributed by atoms with E-state index in [-0.39, 0.29) is 0 Å². The molecule has 0 amide bonds. The fraction of sp³-hybridized carbons (Fsp3) is 0.333. The smallest absolute Gasteiger partial charge is 0.279 e. The third-order valence-corrected chi connectivity index (χ3v) is 2.21. The Hall–Kier alpha value is -0.810. The second kappa shape index (κ2) is 4.37. The fourth-order valence-electron chi connectivity index (χ4n) is 1.13. The van der Waals surface area contributed by atoms with E-state index in [1.54, 1.807) is 0 Å². The molecule has 0 fully saturated rings. The van der Waals surface area contributed by atoms with Crippen LogP contribution in [0.15, 0.2) is 12.1 Å². The highest BCUT2D eigenvalue weighted by Gasteiger charge is 2.37. The Labute approximate surface area is 88.3 Å². The third kappa shape index (κ3) is 2.41. The average Bonchev–Trinajstić information content (AvgIpc) is 2.11. The van der Waals surface area contributed by atoms with Crippen molar-refractivity contribution in [1.82, 2.24) is 0 Å². The Morgan fingerprint density at radius 3 is 2.27 bits per heavy atom. The number of aliphatic hydroxyl groups is 1. The van der Waals surface area contributed by atoms with Crippen molar-refractivity contribution < 1.29 is 22.7 Å². The second-order valence-corrected chi connectivity index (χ2v) is 3.27. The summed E-state index contributed by atoms with van der Waals surface area (Å²) in [5.74, 6) is -6.09. The van der Waals surface area contributed by atoms with Crippen LogP contribution in [0.25, 0.3) is 0 Å². The maximum absolute atomic E-state index is 13.2. The van der Waals surface area contributed by atoms with Gasteiger partial charge in [0.1, 0.15) is 11.6 Å². The Balaban J connectivity index is 3.29. The molecule has 6 heteroatoms. The van der Waals surface area contributed by atoms with Crippen molar-refractivity contribution in [3.63, 3.8) is 0 Å². The molecule has 1 rings (SSSR count). The summed E-state index contributed by atoms with van der Waals surface area (Å²) >= 11 is 5.24. The molecule has 0 heterocycles. The van der Waals surface area contributed by atoms with Gasteiger partial charge >= 0.3 is 0 Å². The number of benzene rings is 1. The van der Waals surface area contributed by atoms with Crippen molar-refractivity contribution >= 4 is 11.6 Å². The van der Waals surface area contributed by atoms with Crippen LogP contribution in [0, 0.1) is 11.6 Å². The summed E-state index contributed by atoms with van der Waals surface area (Å²) in [6, 6.07) is 1.23. The van der Waals surface area contributed by atoms with E-state index in [9.17, 15) is 17.6 Å². The van der Waals surface area contributed by atoms with Crippen molar-refractivity contribution in [2.75, 3.05) is 6.61 Å². The van der Waals surface area contributed by atoms with Gasteiger partial charge in [0.05, 0.1) is 10.6 Å². The maximum Gasteiger partial charge on any atom is 0.279 e. The van der Waals surface area contributed by atoms with E-state index in [1.165, 1.54) is 0 Å². The first-order valence-electron chi connectivity index (χ1n) is 4.03. The highest BCUT2D eigenvalue weighted by molar-refractivity contribution is 6.31. The van der Waals surface area contributed by atoms with Crippen LogP contribution in [0.4, 0.5) is 17.6 Å². The maximum atomic E-state index is 13.2. The molecule has 0 radical (unpaired) electrons. The standard InChI is InChI=1S/C9H7ClF4O/c10-8-6(12)2-1-5(11)7(8)9(13,14)3-4-15/h1-2,15H,3-4H2. The highest BCUT2D eigenvalue weighted by atomic mass is 35.5. The first kappa shape index (κ1) is 12.3. The van der Waals surface area contributed by atoms with Gasteiger partial charge in [-0.05, 0) is 12.1 Å². The van der Waals surface area contributed by atoms with Crippen molar-refractivity contribution in [2.45, 2.75) is 12.3 Å². The molecule has 1 aromatic rings. The zero-order chi connectivity index (χ0) is 11.6. The third-order valence-electron chi connectivity index (χ3n) is 1.84. The van der Waals surface area contributed by atoms with E-state index < -0.39 is 41.2 Å². The van der Waals surface area contributed by atoms with Gasteiger partial charge in [-0.1, -0.05) is 11.6 Å². The summed E-state index contributed by atoms with van der Waals surface area (Å²) < 4.78 is 52.3. The summed E-state index contributed by atoms with van der Waals surface area (Å²) in [5, 5.41) is 7.42. The molecule has 0 aliphatic rings. The molecule has 0 saturated carbocycles. The largest absolute Gasteiger partial charge is 0.396 e. The zero-order valence-corrected chi connectivity index (χ0v) is 8.16. The number of halogens is 5. The minimum Gasteiger partial charge on any atom is -0.396 e. The van der Waals surface area contributed by atoms with Gasteiger partial charge in [0, 0.05) is 13.0 Å². The first-order valence-corrected chi connectivity index (χ1v) is 4.40. The van der Waals surface area contributed by atoms with Crippen LogP contribution in [0.2, 0.25) is 5.02 Å². The van der Waals surface area contributed by atoms with Gasteiger partial charge < -0.3 is 5.11 Å². The molecular formula is C9H7ClF4O. The number of rotatable bonds is 3. The van der Waals surface area contributed by atoms with E-state index in [2.05, 4.69) is 0 Å². The molecule has 0 aliphatic carbocycles. The minimum atomic E-state index is -3.68. The van der Waals surface area contributed by atoms with Crippen LogP contribution < -0.4 is 0 Å². The van der Waals surface area contributed by atoms with Gasteiger partial charge in [-0.15, -0.1) is 0 Å². The Morgan fingerprint density at radius 2 is 1.73 bits per heavy atom. The summed E-state index contributed by atoms with van der Waals surface area (Å²) in [6.45, 7) is -0.848. The quantitative estimate of drug-likeness (QED) is 0.638. The summed E-state index contributed by atoms with van der Waals surface area (Å²) in [7, 11) is 0. The van der Waals surface area contributed by atoms with Crippen LogP contribution in [-0.2, 0) is 5.92 Å². The van der Waals surface area contributed by atoms with Crippen LogP contribution in [0.1, 0.15) is 12.0 Å². The summed E-state index contributed by atoms with van der Waals surface area (Å²) in [4.78, 5) is 0. The van der Waals surface area contributed by atoms with Crippen LogP contribution in [0.3, 0.4) is 0 Å². The number of hydrogen-bond acceptors (Lipinski definition) is 1. The second-order valence-electron chi connectivity index (χ2n) is 2.90. The van der Waals surface area contributed by atoms with Crippen molar-refractivity contribution in [3.05, 3.63) is 34.4 Å². The molecule has 0 atom stereocenters. The van der Waals surface area contributed by atoms with Crippen LogP contribution in [-0.4, -0.2) is 11.7 Å². The molecule has 0 saturated heterocycles. The number of alkyl halides is 2. The lowest BCUT2D eigenvalue weighted by molar-refractivity contribution is -0.0301. The summed E-state index contributed by atoms with van der Waals surface area (Å²) in [6.07, 6.45) is -1.01. The molecule has 0 unspecified atom stereocenters. The molecule has 0 aliphatic heterocycles. The minimum absolute atomic E-state index is 0.571. The van der Waals surface area contributed by atoms with E-state index in [0.717, 1.165) is 0 Å². The van der Waals surface area contributed by atoms with E-state index in [4.69, 9.17) is 16.7 Å². The van der Waals surface area contributed by atoms with E-state index in [1.807, 2.05) is 0 Å². The molecule has 0 bridgehead atoms. The Bertz CT molecular complexity index is 367. The van der Waals surface area contributed by atoms with Crippen LogP contribution in [0.5, 0.6) is 0 Å². The number of hydrogen-bond donors (Lipinski definition) is 1. The molecule has 15 heavy (non-hydrogen) atoms. The lowest BCUT2D eigenvalue weighted by Gasteiger charge is -2.17. The van der Waals surface area contributed by atoms with Gasteiger partial charge in [0.25, 0.3) is 5.92 Å². The van der Waals surface area contributed by atoms with Crippen LogP contribution >= 0.6 is 11.6 Å². The highest BCUT2D eigenvalue weighted by Crippen LogP contribution is 2.38. The van der Waals surface area contributed by atoms with Gasteiger partial charge in [0.2, 0.25) is 0 Å². The van der Waals surface area contributed by atoms with Gasteiger partial charge in [0.15, 0.2) is 0 Å². The number of aliphatic hydroxyl groups excluding tert-OH is 1. The molecule has 1 aromatic carbocycles. The molecule has 0 spiro atoms. The molecule has 1 N–H and O–H groups in total. The SMILES string of the molecule is OCCC(F)(F)c1c(F)ccc(F)c1Cl. The normalized spacial score (nSPS) is 11.9. The first-order chi connectivity index (χ1) is 6.90. The van der Waals surface area contributed by atoms with Gasteiger partial charge in [-0.25, -0.2) is 17.6 Å². The topological polar surface area (TPSA) is 20.2 Å². The monoisotopic (exact) mass is 242 g/mol. The van der Waals surface area contributed by atoms with Crippen molar-refractivity contribution in [2.24, 2.45) is 0 Å². The van der Waals surface area contributed by atoms with E-state index >= 15 is 0 Å². The molecule has 1 nitrogen and oxygen atoms in total. The summed E-state index contributed by atoms with van der Waals surface area (Å²) in [5.41, 5.74) is -1.21. The predicted octanol–water partition coefficient (Wildman–Crippen LogP) is 3.09. The van der Waals surface area contributed by atoms with Gasteiger partial charge in [-0.3, -0.25) is 0 Å². The predicted molar refractivity (Wildman–Crippen MR) is 47.0 cm³/mol. The molecule has 84 valence electrons. The Morgan fingerprint density at radius 1 is 1.20 bits per heavy atom. The van der Waals surface area contributed by atoms with Crippen molar-refractivity contribution in [1.29, 1.82) is 0 Å². The molecule has 0 aromatic heterocycles. The van der Waals surface area contributed by atoms with Gasteiger partial charge in [-0.2, -0.15) is 0 Å². The van der Waals surface area contributed by atoms with Crippen molar-refractivity contribution in [3.8, 4) is 0 Å². The fourth-order valence-corrected chi connectivity index (χ4v) is 1.42. The van der Waals surface area contributed by atoms with E-state index in [0.29, 0.717) is 12.1 Å². The lowest BCUT2D eigenvalue weighted by Crippen LogP contribution is -2.18. The lowest BCUT2D eigenvalue weighted by atomic mass is 10.0. The zero-order valence-electron chi connectivity index (χ0n) is 7.41. The average molecular weight is 243 g/mol. The molecular weight excluding hydrogens is 236 g/mol.